The summed E-state index contributed by atoms with van der Waals surface area (Å²) in [7, 11) is 1.00. The van der Waals surface area contributed by atoms with Crippen molar-refractivity contribution in [2.75, 3.05) is 7.11 Å². The molecule has 0 rings (SSSR count). The number of aliphatic carboxylic acids is 2. The topological polar surface area (TPSA) is 100 Å². The van der Waals surface area contributed by atoms with Gasteiger partial charge < -0.3 is 24.9 Å². The second kappa shape index (κ2) is 15.9. The maximum Gasteiger partial charge on any atom is 5.00 e. The van der Waals surface area contributed by atoms with Crippen molar-refractivity contribution in [3.63, 3.8) is 0 Å². The SMILES string of the molecule is CO.O=C([O-])C(=O)[O-].[Nb+5].[Si+4]. The average molecular weight is 241 g/mol. The fraction of sp³-hybridized carbons (Fsp3) is 0.333. The molecule has 0 spiro atoms. The van der Waals surface area contributed by atoms with Gasteiger partial charge in [0, 0.05) is 7.11 Å². The third-order valence-corrected chi connectivity index (χ3v) is 0.167. The monoisotopic (exact) mass is 241 g/mol. The molecule has 0 aromatic carbocycles. The van der Waals surface area contributed by atoms with Crippen LogP contribution in [0, 0.1) is 0 Å². The number of carboxylic acid groups (broad SMARTS) is 2. The molecule has 0 radical (unpaired) electrons. The quantitative estimate of drug-likeness (QED) is 0.341. The molecule has 0 aliphatic rings. The molecule has 0 aromatic heterocycles. The van der Waals surface area contributed by atoms with Crippen molar-refractivity contribution in [1.29, 1.82) is 0 Å². The Morgan fingerprint density at radius 3 is 1.20 bits per heavy atom. The predicted molar refractivity (Wildman–Crippen MR) is 23.9 cm³/mol. The molecule has 7 heteroatoms. The zero-order chi connectivity index (χ0) is 7.15. The van der Waals surface area contributed by atoms with Gasteiger partial charge in [0.15, 0.2) is 0 Å². The van der Waals surface area contributed by atoms with Crippen molar-refractivity contribution >= 4 is 22.9 Å². The summed E-state index contributed by atoms with van der Waals surface area (Å²) in [5.41, 5.74) is 0. The molecule has 0 unspecified atom stereocenters. The van der Waals surface area contributed by atoms with Gasteiger partial charge in [-0.15, -0.1) is 0 Å². The van der Waals surface area contributed by atoms with Crippen molar-refractivity contribution in [3.8, 4) is 0 Å². The van der Waals surface area contributed by atoms with Crippen LogP contribution in [0.2, 0.25) is 0 Å². The molecule has 10 heavy (non-hydrogen) atoms. The molecule has 0 aliphatic heterocycles. The van der Waals surface area contributed by atoms with E-state index in [4.69, 9.17) is 24.9 Å². The summed E-state index contributed by atoms with van der Waals surface area (Å²) in [5.74, 6) is -4.37. The van der Waals surface area contributed by atoms with Crippen LogP contribution < -0.4 is 10.2 Å². The first-order valence-electron chi connectivity index (χ1n) is 1.51. The second-order valence-corrected chi connectivity index (χ2v) is 0.575. The van der Waals surface area contributed by atoms with Crippen molar-refractivity contribution in [3.05, 3.63) is 0 Å². The molecule has 0 fully saturated rings. The first kappa shape index (κ1) is 22.5. The van der Waals surface area contributed by atoms with Crippen molar-refractivity contribution < 1.29 is 47.3 Å². The summed E-state index contributed by atoms with van der Waals surface area (Å²) in [5, 5.41) is 24.9. The Morgan fingerprint density at radius 1 is 1.10 bits per heavy atom. The number of hydrogen-bond acceptors (Lipinski definition) is 5. The Kier molecular flexibility index (Phi) is 35.9. The minimum absolute atomic E-state index is 0. The van der Waals surface area contributed by atoms with Crippen molar-refractivity contribution in [2.24, 2.45) is 0 Å². The van der Waals surface area contributed by atoms with Crippen molar-refractivity contribution in [1.82, 2.24) is 0 Å². The maximum absolute atomic E-state index is 8.93. The molecule has 1 N–H and O–H groups in total. The van der Waals surface area contributed by atoms with Crippen LogP contribution >= 0.6 is 0 Å². The largest absolute Gasteiger partial charge is 5.00 e. The van der Waals surface area contributed by atoms with Crippen molar-refractivity contribution in [2.45, 2.75) is 0 Å². The van der Waals surface area contributed by atoms with Gasteiger partial charge in [0.1, 0.15) is 0 Å². The normalized spacial score (nSPS) is 5.00. The minimum Gasteiger partial charge on any atom is -0.543 e. The van der Waals surface area contributed by atoms with Gasteiger partial charge >= 0.3 is 33.3 Å². The van der Waals surface area contributed by atoms with Gasteiger partial charge in [-0.2, -0.15) is 0 Å². The zero-order valence-electron chi connectivity index (χ0n) is 5.03. The number of rotatable bonds is 0. The van der Waals surface area contributed by atoms with Crippen LogP contribution in [0.3, 0.4) is 0 Å². The van der Waals surface area contributed by atoms with E-state index in [-0.39, 0.29) is 33.3 Å². The number of aliphatic hydroxyl groups is 1. The molecule has 0 bridgehead atoms. The predicted octanol–water partition coefficient (Wildman–Crippen LogP) is -4.29. The Balaban J connectivity index is -0.0000000412. The second-order valence-electron chi connectivity index (χ2n) is 0.575. The van der Waals surface area contributed by atoms with E-state index in [1.54, 1.807) is 0 Å². The minimum atomic E-state index is -2.19. The van der Waals surface area contributed by atoms with Gasteiger partial charge in [0.25, 0.3) is 0 Å². The summed E-state index contributed by atoms with van der Waals surface area (Å²) in [6, 6.07) is 0. The summed E-state index contributed by atoms with van der Waals surface area (Å²) in [6.45, 7) is 0. The molecule has 0 heterocycles. The molecule has 0 aromatic rings. The van der Waals surface area contributed by atoms with E-state index in [0.717, 1.165) is 7.11 Å². The van der Waals surface area contributed by atoms with E-state index in [2.05, 4.69) is 0 Å². The number of aliphatic hydroxyl groups excluding tert-OH is 1. The summed E-state index contributed by atoms with van der Waals surface area (Å²) < 4.78 is 0. The van der Waals surface area contributed by atoms with E-state index in [1.165, 1.54) is 0 Å². The molecular weight excluding hydrogens is 237 g/mol. The third-order valence-electron chi connectivity index (χ3n) is 0.167. The Morgan fingerprint density at radius 2 is 1.20 bits per heavy atom. The number of hydrogen-bond donors (Lipinski definition) is 1. The van der Waals surface area contributed by atoms with Gasteiger partial charge in [-0.05, 0) is 0 Å². The van der Waals surface area contributed by atoms with Crippen LogP contribution in [0.4, 0.5) is 0 Å². The van der Waals surface area contributed by atoms with Gasteiger partial charge in [-0.3, -0.25) is 0 Å². The molecular formula is C3H4NbO5Si+7. The van der Waals surface area contributed by atoms with E-state index >= 15 is 0 Å². The average Bonchev–Trinajstić information content (AvgIpc) is 1.72. The van der Waals surface area contributed by atoms with Crippen LogP contribution in [0.15, 0.2) is 0 Å². The van der Waals surface area contributed by atoms with Crippen LogP contribution in [-0.4, -0.2) is 35.1 Å². The number of carboxylic acids is 2. The van der Waals surface area contributed by atoms with E-state index < -0.39 is 11.9 Å². The molecule has 0 aliphatic carbocycles. The fourth-order valence-corrected chi connectivity index (χ4v) is 0. The summed E-state index contributed by atoms with van der Waals surface area (Å²) in [6.07, 6.45) is 0. The Labute approximate surface area is 77.6 Å². The molecule has 0 saturated heterocycles. The van der Waals surface area contributed by atoms with E-state index in [0.29, 0.717) is 0 Å². The molecule has 0 atom stereocenters. The molecule has 48 valence electrons. The Bertz CT molecular complexity index is 82.9. The summed E-state index contributed by atoms with van der Waals surface area (Å²) in [4.78, 5) is 17.9. The van der Waals surface area contributed by atoms with E-state index in [9.17, 15) is 0 Å². The fourth-order valence-electron chi connectivity index (χ4n) is 0. The first-order valence-corrected chi connectivity index (χ1v) is 1.51. The molecule has 0 saturated carbocycles. The number of carbonyl (C=O) groups is 2. The molecule has 0 amide bonds. The Hall–Kier alpha value is -0.143. The third kappa shape index (κ3) is 24.8. The maximum atomic E-state index is 8.93. The van der Waals surface area contributed by atoms with E-state index in [1.807, 2.05) is 0 Å². The number of carbonyl (C=O) groups excluding carboxylic acids is 2. The van der Waals surface area contributed by atoms with Crippen LogP contribution in [0.25, 0.3) is 0 Å². The smallest absolute Gasteiger partial charge is 0.543 e. The van der Waals surface area contributed by atoms with Crippen LogP contribution in [-0.2, 0) is 32.0 Å². The standard InChI is InChI=1S/C2H2O4.CH4O.Nb.Si/c3-1(4)2(5)6;1-2;;/h(H,3,4)(H,5,6);2H,1H3;;/q;;+5;+4/p-2. The van der Waals surface area contributed by atoms with Gasteiger partial charge in [-0.25, -0.2) is 0 Å². The van der Waals surface area contributed by atoms with Gasteiger partial charge in [0.05, 0.1) is 11.9 Å². The van der Waals surface area contributed by atoms with Crippen LogP contribution in [0.5, 0.6) is 0 Å². The van der Waals surface area contributed by atoms with Gasteiger partial charge in [0.2, 0.25) is 0 Å². The first-order chi connectivity index (χ1) is 3.64. The van der Waals surface area contributed by atoms with Crippen LogP contribution in [0.1, 0.15) is 0 Å². The zero-order valence-corrected chi connectivity index (χ0v) is 8.23. The van der Waals surface area contributed by atoms with Gasteiger partial charge in [-0.1, -0.05) is 0 Å². The summed E-state index contributed by atoms with van der Waals surface area (Å²) >= 11 is 0. The molecule has 5 nitrogen and oxygen atoms in total.